The van der Waals surface area contributed by atoms with Gasteiger partial charge in [0, 0.05) is 89.5 Å². The van der Waals surface area contributed by atoms with Gasteiger partial charge in [-0.2, -0.15) is 0 Å². The molecule has 140 heavy (non-hydrogen) atoms. The Morgan fingerprint density at radius 3 is 0.807 bits per heavy atom. The van der Waals surface area contributed by atoms with Crippen molar-refractivity contribution in [3.05, 3.63) is 532 Å². The van der Waals surface area contributed by atoms with E-state index in [4.69, 9.17) is 19.9 Å². The van der Waals surface area contributed by atoms with Gasteiger partial charge in [0.2, 0.25) is 0 Å². The second kappa shape index (κ2) is 35.0. The quantitative estimate of drug-likeness (QED) is 0.0705. The third-order valence-corrected chi connectivity index (χ3v) is 27.8. The van der Waals surface area contributed by atoms with E-state index in [1.165, 1.54) is 55.3 Å². The van der Waals surface area contributed by atoms with Gasteiger partial charge in [0.05, 0.1) is 27.6 Å². The average Bonchev–Trinajstić information content (AvgIpc) is 1.10. The lowest BCUT2D eigenvalue weighted by Gasteiger charge is -2.39. The highest BCUT2D eigenvalue weighted by atomic mass is 15.3. The normalized spacial score (nSPS) is 11.8. The molecule has 0 radical (unpaired) electrons. The number of pyridine rings is 1. The van der Waals surface area contributed by atoms with Crippen molar-refractivity contribution in [2.75, 3.05) is 19.6 Å². The Labute approximate surface area is 812 Å². The van der Waals surface area contributed by atoms with E-state index in [1.54, 1.807) is 0 Å². The molecule has 0 saturated carbocycles. The first kappa shape index (κ1) is 82.1. The highest BCUT2D eigenvalue weighted by Crippen LogP contribution is 2.60. The standard InChI is InChI=1S/C130H88N10/c1-9-33-91(34-10-1)126-131-127(92-35-11-2-12-36-92)133-128(132-126)123-124(135(101-39-13-3-14-40-101)107-71-61-87(62-72-107)93-57-59-99-81-97-37-25-27-51-111(97)115(99)83-93)129(137(103-43-17-5-18-44-103)109-75-65-89(66-76-109)95-69-79-121-117(85-95)113-53-29-31-55-119(113)139(121)105-47-21-7-22-48-105)134-130(125(123)136(102-41-15-4-16-42-102)108-73-63-88(64-74-108)94-58-60-100-82-98-38-26-28-52-112(98)116(100)84-94)138(104-45-19-6-20-46-104)110-77-67-90(68-78-110)96-70-80-122-118(86-96)114-54-30-32-56-120(114)140(122)106-49-23-8-24-50-106/h1-80,83-86H,81-82H2. The zero-order valence-electron chi connectivity index (χ0n) is 76.4. The Hall–Kier alpha value is -18.6. The Kier molecular flexibility index (Phi) is 20.5. The SMILES string of the molecule is c1ccc(-c2nc(-c3ccccc3)nc(-c3c(N(c4ccccc4)c4ccc(-c5ccc6c(c5)-c5ccccc5C6)cc4)c(N(c4ccccc4)c4ccc(-c5ccc6c(c5)c5ccccc5n6-c5ccccc5)cc4)nc(N(c4ccccc4)c4ccc(-c5ccc6c(c5)c5ccccc5n6-c5ccccc5)cc4)c3N(c3ccccc3)c3ccc(-c4ccc5c(c4)-c4ccccc4C5)cc3)n2)cc1. The van der Waals surface area contributed by atoms with Crippen LogP contribution in [-0.4, -0.2) is 29.1 Å². The van der Waals surface area contributed by atoms with E-state index in [0.29, 0.717) is 46.0 Å². The molecule has 0 amide bonds. The van der Waals surface area contributed by atoms with E-state index in [-0.39, 0.29) is 0 Å². The first-order chi connectivity index (χ1) is 69.4. The van der Waals surface area contributed by atoms with Crippen LogP contribution < -0.4 is 19.6 Å². The molecule has 2 aliphatic rings. The van der Waals surface area contributed by atoms with Crippen molar-refractivity contribution >= 4 is 112 Å². The van der Waals surface area contributed by atoms with Crippen molar-refractivity contribution in [1.82, 2.24) is 29.1 Å². The molecule has 0 bridgehead atoms. The molecule has 2 aliphatic carbocycles. The van der Waals surface area contributed by atoms with Crippen LogP contribution in [0.4, 0.5) is 68.5 Å². The van der Waals surface area contributed by atoms with Crippen molar-refractivity contribution in [3.63, 3.8) is 0 Å². The fourth-order valence-electron chi connectivity index (χ4n) is 21.2. The molecule has 658 valence electrons. The molecule has 0 saturated heterocycles. The van der Waals surface area contributed by atoms with Crippen LogP contribution in [0.15, 0.2) is 510 Å². The van der Waals surface area contributed by atoms with Crippen molar-refractivity contribution < 1.29 is 0 Å². The van der Waals surface area contributed by atoms with Crippen molar-refractivity contribution in [2.24, 2.45) is 0 Å². The van der Waals surface area contributed by atoms with E-state index in [1.807, 2.05) is 12.1 Å². The van der Waals surface area contributed by atoms with Crippen molar-refractivity contribution in [2.45, 2.75) is 12.8 Å². The summed E-state index contributed by atoms with van der Waals surface area (Å²) in [7, 11) is 0. The van der Waals surface area contributed by atoms with Gasteiger partial charge in [0.25, 0.3) is 0 Å². The average molecular weight is 1790 g/mol. The zero-order valence-corrected chi connectivity index (χ0v) is 76.4. The van der Waals surface area contributed by atoms with Gasteiger partial charge in [-0.1, -0.05) is 340 Å². The number of nitrogens with zero attached hydrogens (tertiary/aromatic N) is 10. The Balaban J connectivity index is 0.784. The van der Waals surface area contributed by atoms with Gasteiger partial charge in [-0.05, 0) is 272 Å². The molecule has 0 fully saturated rings. The minimum atomic E-state index is 0.374. The largest absolute Gasteiger partial charge is 0.309 e. The van der Waals surface area contributed by atoms with Crippen LogP contribution in [0, 0.1) is 0 Å². The fraction of sp³-hybridized carbons (Fsp3) is 0.0154. The smallest absolute Gasteiger partial charge is 0.168 e. The Bertz CT molecular complexity index is 8300. The summed E-state index contributed by atoms with van der Waals surface area (Å²) in [6.07, 6.45) is 1.79. The second-order valence-corrected chi connectivity index (χ2v) is 36.0. The summed E-state index contributed by atoms with van der Waals surface area (Å²) in [5, 5.41) is 4.68. The van der Waals surface area contributed by atoms with Crippen LogP contribution >= 0.6 is 0 Å². The van der Waals surface area contributed by atoms with E-state index in [9.17, 15) is 0 Å². The van der Waals surface area contributed by atoms with Crippen LogP contribution in [0.1, 0.15) is 22.3 Å². The molecule has 20 aromatic carbocycles. The molecule has 24 aromatic rings. The number of para-hydroxylation sites is 8. The molecular formula is C130H88N10. The highest BCUT2D eigenvalue weighted by molar-refractivity contribution is 6.14. The maximum absolute atomic E-state index is 6.84. The van der Waals surface area contributed by atoms with Gasteiger partial charge in [-0.25, -0.2) is 19.9 Å². The minimum Gasteiger partial charge on any atom is -0.309 e. The van der Waals surface area contributed by atoms with Crippen molar-refractivity contribution in [1.29, 1.82) is 0 Å². The van der Waals surface area contributed by atoms with Gasteiger partial charge >= 0.3 is 0 Å². The summed E-state index contributed by atoms with van der Waals surface area (Å²) in [5.74, 6) is 2.41. The molecule has 4 heterocycles. The Morgan fingerprint density at radius 1 is 0.171 bits per heavy atom. The van der Waals surface area contributed by atoms with E-state index in [0.717, 1.165) is 158 Å². The minimum absolute atomic E-state index is 0.374. The summed E-state index contributed by atoms with van der Waals surface area (Å²) in [5.41, 5.74) is 36.0. The van der Waals surface area contributed by atoms with Crippen LogP contribution in [0.2, 0.25) is 0 Å². The van der Waals surface area contributed by atoms with Crippen LogP contribution in [-0.2, 0) is 12.8 Å². The summed E-state index contributed by atoms with van der Waals surface area (Å²) in [6, 6.07) is 184. The van der Waals surface area contributed by atoms with Crippen LogP contribution in [0.3, 0.4) is 0 Å². The topological polar surface area (TPSA) is 74.4 Å². The first-order valence-electron chi connectivity index (χ1n) is 47.8. The molecular weight excluding hydrogens is 1700 g/mol. The number of anilines is 12. The lowest BCUT2D eigenvalue weighted by atomic mass is 9.97. The molecule has 0 aliphatic heterocycles. The molecule has 26 rings (SSSR count). The summed E-state index contributed by atoms with van der Waals surface area (Å²) >= 11 is 0. The van der Waals surface area contributed by atoms with E-state index >= 15 is 0 Å². The maximum Gasteiger partial charge on any atom is 0.168 e. The molecule has 0 spiro atoms. The highest BCUT2D eigenvalue weighted by Gasteiger charge is 2.39. The number of aromatic nitrogens is 6. The number of fused-ring (bicyclic) bond motifs is 12. The van der Waals surface area contributed by atoms with Crippen LogP contribution in [0.5, 0.6) is 0 Å². The van der Waals surface area contributed by atoms with Gasteiger partial charge in [0.1, 0.15) is 11.4 Å². The lowest BCUT2D eigenvalue weighted by molar-refractivity contribution is 1.05. The fourth-order valence-corrected chi connectivity index (χ4v) is 21.2. The maximum atomic E-state index is 6.84. The predicted octanol–water partition coefficient (Wildman–Crippen LogP) is 34.2. The van der Waals surface area contributed by atoms with Crippen molar-refractivity contribution in [3.8, 4) is 112 Å². The van der Waals surface area contributed by atoms with Crippen LogP contribution in [0.25, 0.3) is 156 Å². The monoisotopic (exact) mass is 1790 g/mol. The molecule has 0 unspecified atom stereocenters. The molecule has 10 nitrogen and oxygen atoms in total. The van der Waals surface area contributed by atoms with Gasteiger partial charge in [-0.3, -0.25) is 9.80 Å². The predicted molar refractivity (Wildman–Crippen MR) is 580 cm³/mol. The summed E-state index contributed by atoms with van der Waals surface area (Å²) in [6.45, 7) is 0. The van der Waals surface area contributed by atoms with Gasteiger partial charge in [0.15, 0.2) is 29.1 Å². The number of hydrogen-bond donors (Lipinski definition) is 0. The van der Waals surface area contributed by atoms with E-state index < -0.39 is 0 Å². The van der Waals surface area contributed by atoms with E-state index in [2.05, 4.69) is 526 Å². The van der Waals surface area contributed by atoms with Gasteiger partial charge < -0.3 is 18.9 Å². The molecule has 4 aromatic heterocycles. The molecule has 0 atom stereocenters. The first-order valence-corrected chi connectivity index (χ1v) is 47.8. The molecule has 10 heteroatoms. The third kappa shape index (κ3) is 14.7. The second-order valence-electron chi connectivity index (χ2n) is 36.0. The van der Waals surface area contributed by atoms with Gasteiger partial charge in [-0.15, -0.1) is 0 Å². The number of rotatable bonds is 21. The third-order valence-electron chi connectivity index (χ3n) is 27.8. The Morgan fingerprint density at radius 2 is 0.436 bits per heavy atom. The molecule has 0 N–H and O–H groups in total. The summed E-state index contributed by atoms with van der Waals surface area (Å²) < 4.78 is 4.75. The summed E-state index contributed by atoms with van der Waals surface area (Å²) in [4.78, 5) is 34.2. The lowest BCUT2D eigenvalue weighted by Crippen LogP contribution is -2.25. The number of hydrogen-bond acceptors (Lipinski definition) is 8. The zero-order chi connectivity index (χ0) is 92.5. The number of benzene rings is 20.